The van der Waals surface area contributed by atoms with E-state index < -0.39 is 5.60 Å². The van der Waals surface area contributed by atoms with Crippen molar-refractivity contribution in [1.82, 2.24) is 0 Å². The molecule has 1 atom stereocenters. The van der Waals surface area contributed by atoms with Crippen LogP contribution in [0.2, 0.25) is 0 Å². The molecule has 0 aliphatic heterocycles. The van der Waals surface area contributed by atoms with E-state index in [1.165, 1.54) is 0 Å². The molecule has 0 aromatic heterocycles. The molecule has 0 heterocycles. The maximum Gasteiger partial charge on any atom is 0.110 e. The highest BCUT2D eigenvalue weighted by atomic mass is 16.3. The maximum absolute atomic E-state index is 11.0. The van der Waals surface area contributed by atoms with Gasteiger partial charge in [-0.25, -0.2) is 0 Å². The van der Waals surface area contributed by atoms with Gasteiger partial charge in [-0.2, -0.15) is 0 Å². The average Bonchev–Trinajstić information content (AvgIpc) is 2.43. The Morgan fingerprint density at radius 2 is 1.72 bits per heavy atom. The van der Waals surface area contributed by atoms with E-state index in [2.05, 4.69) is 20.4 Å². The van der Waals surface area contributed by atoms with Crippen molar-refractivity contribution in [2.45, 2.75) is 58.0 Å². The van der Waals surface area contributed by atoms with Crippen LogP contribution in [0.4, 0.5) is 0 Å². The predicted octanol–water partition coefficient (Wildman–Crippen LogP) is 4.81. The Kier molecular flexibility index (Phi) is 6.14. The topological polar surface area (TPSA) is 20.2 Å². The monoisotopic (exact) mass is 246 g/mol. The van der Waals surface area contributed by atoms with Crippen molar-refractivity contribution in [3.8, 4) is 0 Å². The lowest BCUT2D eigenvalue weighted by Gasteiger charge is -2.31. The van der Waals surface area contributed by atoms with Crippen LogP contribution < -0.4 is 0 Å². The zero-order chi connectivity index (χ0) is 13.4. The van der Waals surface area contributed by atoms with Crippen molar-refractivity contribution in [3.05, 3.63) is 48.0 Å². The van der Waals surface area contributed by atoms with E-state index >= 15 is 0 Å². The van der Waals surface area contributed by atoms with Gasteiger partial charge in [-0.3, -0.25) is 0 Å². The fraction of sp³-hybridized carbons (Fsp3) is 0.529. The standard InChI is InChI=1S/C17H26O/c1-4-6-11-15(3)17(18,14-7-5-2)16-12-9-8-10-13-16/h8-10,12-13,18H,3-7,11,14H2,1-2H3. The zero-order valence-electron chi connectivity index (χ0n) is 11.8. The third kappa shape index (κ3) is 3.71. The van der Waals surface area contributed by atoms with E-state index in [4.69, 9.17) is 0 Å². The summed E-state index contributed by atoms with van der Waals surface area (Å²) in [5.74, 6) is 0. The fourth-order valence-electron chi connectivity index (χ4n) is 2.27. The zero-order valence-corrected chi connectivity index (χ0v) is 11.8. The summed E-state index contributed by atoms with van der Waals surface area (Å²) in [5, 5.41) is 11.0. The van der Waals surface area contributed by atoms with Gasteiger partial charge in [0, 0.05) is 0 Å². The Bertz CT molecular complexity index is 355. The molecule has 1 nitrogen and oxygen atoms in total. The second-order valence-corrected chi connectivity index (χ2v) is 5.04. The Hall–Kier alpha value is -1.08. The largest absolute Gasteiger partial charge is 0.381 e. The van der Waals surface area contributed by atoms with Crippen molar-refractivity contribution < 1.29 is 5.11 Å². The first kappa shape index (κ1) is 15.0. The molecular weight excluding hydrogens is 220 g/mol. The van der Waals surface area contributed by atoms with Gasteiger partial charge in [0.25, 0.3) is 0 Å². The van der Waals surface area contributed by atoms with Crippen LogP contribution in [0.1, 0.15) is 57.9 Å². The van der Waals surface area contributed by atoms with Crippen LogP contribution in [-0.2, 0) is 5.60 Å². The molecule has 0 amide bonds. The molecule has 0 fully saturated rings. The first-order valence-corrected chi connectivity index (χ1v) is 7.11. The highest BCUT2D eigenvalue weighted by molar-refractivity contribution is 5.31. The molecule has 0 radical (unpaired) electrons. The van der Waals surface area contributed by atoms with Crippen molar-refractivity contribution in [1.29, 1.82) is 0 Å². The van der Waals surface area contributed by atoms with Crippen molar-refractivity contribution in [3.63, 3.8) is 0 Å². The molecule has 1 N–H and O–H groups in total. The first-order valence-electron chi connectivity index (χ1n) is 7.11. The molecule has 0 aliphatic carbocycles. The lowest BCUT2D eigenvalue weighted by molar-refractivity contribution is 0.0605. The summed E-state index contributed by atoms with van der Waals surface area (Å²) in [6.07, 6.45) is 6.03. The number of benzene rings is 1. The SMILES string of the molecule is C=C(CCCC)C(O)(CCCC)c1ccccc1. The van der Waals surface area contributed by atoms with Gasteiger partial charge >= 0.3 is 0 Å². The van der Waals surface area contributed by atoms with E-state index in [-0.39, 0.29) is 0 Å². The van der Waals surface area contributed by atoms with Gasteiger partial charge in [-0.05, 0) is 30.4 Å². The van der Waals surface area contributed by atoms with Gasteiger partial charge < -0.3 is 5.11 Å². The fourth-order valence-corrected chi connectivity index (χ4v) is 2.27. The molecule has 1 aromatic rings. The lowest BCUT2D eigenvalue weighted by atomic mass is 9.80. The summed E-state index contributed by atoms with van der Waals surface area (Å²) >= 11 is 0. The number of unbranched alkanes of at least 4 members (excludes halogenated alkanes) is 2. The van der Waals surface area contributed by atoms with E-state index in [1.54, 1.807) is 0 Å². The van der Waals surface area contributed by atoms with Crippen LogP contribution >= 0.6 is 0 Å². The van der Waals surface area contributed by atoms with Gasteiger partial charge in [-0.1, -0.05) is 70.0 Å². The summed E-state index contributed by atoms with van der Waals surface area (Å²) in [4.78, 5) is 0. The van der Waals surface area contributed by atoms with E-state index in [9.17, 15) is 5.11 Å². The highest BCUT2D eigenvalue weighted by Gasteiger charge is 2.31. The molecule has 0 saturated carbocycles. The summed E-state index contributed by atoms with van der Waals surface area (Å²) in [6, 6.07) is 9.97. The summed E-state index contributed by atoms with van der Waals surface area (Å²) in [5.41, 5.74) is 1.11. The van der Waals surface area contributed by atoms with E-state index in [0.29, 0.717) is 0 Å². The Morgan fingerprint density at radius 3 is 2.28 bits per heavy atom. The molecular formula is C17H26O. The quantitative estimate of drug-likeness (QED) is 0.653. The van der Waals surface area contributed by atoms with Crippen molar-refractivity contribution in [2.75, 3.05) is 0 Å². The van der Waals surface area contributed by atoms with Crippen LogP contribution in [0.15, 0.2) is 42.5 Å². The second-order valence-electron chi connectivity index (χ2n) is 5.04. The molecule has 0 aliphatic rings. The third-order valence-corrected chi connectivity index (χ3v) is 3.56. The number of hydrogen-bond acceptors (Lipinski definition) is 1. The van der Waals surface area contributed by atoms with Crippen molar-refractivity contribution in [2.24, 2.45) is 0 Å². The average molecular weight is 246 g/mol. The summed E-state index contributed by atoms with van der Waals surface area (Å²) in [6.45, 7) is 8.46. The van der Waals surface area contributed by atoms with Gasteiger partial charge in [0.05, 0.1) is 0 Å². The van der Waals surface area contributed by atoms with Crippen LogP contribution in [0.3, 0.4) is 0 Å². The minimum Gasteiger partial charge on any atom is -0.381 e. The Labute approximate surface area is 112 Å². The highest BCUT2D eigenvalue weighted by Crippen LogP contribution is 2.36. The minimum absolute atomic E-state index is 0.774. The Balaban J connectivity index is 2.91. The summed E-state index contributed by atoms with van der Waals surface area (Å²) in [7, 11) is 0. The van der Waals surface area contributed by atoms with E-state index in [0.717, 1.165) is 49.7 Å². The molecule has 1 aromatic carbocycles. The predicted molar refractivity (Wildman–Crippen MR) is 78.5 cm³/mol. The van der Waals surface area contributed by atoms with Gasteiger partial charge in [0.2, 0.25) is 0 Å². The summed E-state index contributed by atoms with van der Waals surface area (Å²) < 4.78 is 0. The molecule has 1 unspecified atom stereocenters. The van der Waals surface area contributed by atoms with Crippen LogP contribution in [0.25, 0.3) is 0 Å². The number of hydrogen-bond donors (Lipinski definition) is 1. The molecule has 1 heteroatoms. The lowest BCUT2D eigenvalue weighted by Crippen LogP contribution is -2.28. The van der Waals surface area contributed by atoms with Gasteiger partial charge in [0.15, 0.2) is 0 Å². The molecule has 0 bridgehead atoms. The maximum atomic E-state index is 11.0. The number of rotatable bonds is 8. The van der Waals surface area contributed by atoms with Gasteiger partial charge in [-0.15, -0.1) is 0 Å². The van der Waals surface area contributed by atoms with Gasteiger partial charge in [0.1, 0.15) is 5.60 Å². The molecule has 0 spiro atoms. The van der Waals surface area contributed by atoms with Crippen LogP contribution in [0.5, 0.6) is 0 Å². The molecule has 100 valence electrons. The second kappa shape index (κ2) is 7.38. The molecule has 0 saturated heterocycles. The van der Waals surface area contributed by atoms with Crippen LogP contribution in [-0.4, -0.2) is 5.11 Å². The van der Waals surface area contributed by atoms with Crippen molar-refractivity contribution >= 4 is 0 Å². The Morgan fingerprint density at radius 1 is 1.11 bits per heavy atom. The first-order chi connectivity index (χ1) is 8.65. The minimum atomic E-state index is -0.841. The molecule has 18 heavy (non-hydrogen) atoms. The third-order valence-electron chi connectivity index (χ3n) is 3.56. The normalized spacial score (nSPS) is 14.2. The van der Waals surface area contributed by atoms with E-state index in [1.807, 2.05) is 30.3 Å². The van der Waals surface area contributed by atoms with Crippen LogP contribution in [0, 0.1) is 0 Å². The smallest absolute Gasteiger partial charge is 0.110 e. The molecule has 1 rings (SSSR count). The number of aliphatic hydroxyl groups is 1.